The number of nitro benzene ring substituents is 1. The first-order valence-electron chi connectivity index (χ1n) is 5.36. The van der Waals surface area contributed by atoms with Crippen molar-refractivity contribution < 1.29 is 18.1 Å². The molecule has 1 rings (SSSR count). The second-order valence-corrected chi connectivity index (χ2v) is 5.53. The van der Waals surface area contributed by atoms with E-state index in [4.69, 9.17) is 10.5 Å². The minimum absolute atomic E-state index is 0. The smallest absolute Gasteiger partial charge is 0.273 e. The molecule has 0 fully saturated rings. The predicted octanol–water partition coefficient (Wildman–Crippen LogP) is 0.651. The molecule has 0 aliphatic carbocycles. The fourth-order valence-electron chi connectivity index (χ4n) is 1.37. The summed E-state index contributed by atoms with van der Waals surface area (Å²) in [5.74, 6) is -0.0917. The molecule has 0 unspecified atom stereocenters. The summed E-state index contributed by atoms with van der Waals surface area (Å²) in [6.45, 7) is 1.74. The minimum Gasteiger partial charge on any atom is -0.495 e. The number of nitrogens with one attached hydrogen (secondary N) is 1. The van der Waals surface area contributed by atoms with Crippen molar-refractivity contribution >= 4 is 28.1 Å². The number of non-ortho nitro benzene ring substituents is 1. The van der Waals surface area contributed by atoms with E-state index in [1.807, 2.05) is 0 Å². The second-order valence-electron chi connectivity index (χ2n) is 3.85. The summed E-state index contributed by atoms with van der Waals surface area (Å²) in [6.07, 6.45) is 0. The highest BCUT2D eigenvalue weighted by Crippen LogP contribution is 2.28. The van der Waals surface area contributed by atoms with Gasteiger partial charge in [0.15, 0.2) is 0 Å². The first-order chi connectivity index (χ1) is 8.81. The van der Waals surface area contributed by atoms with Gasteiger partial charge in [-0.25, -0.2) is 13.1 Å². The van der Waals surface area contributed by atoms with Gasteiger partial charge in [-0.05, 0) is 13.0 Å². The SMILES string of the molecule is COc1cc([N+](=O)[O-])ccc1S(=O)(=O)N[C@H](C)CN.Cl. The third-order valence-corrected chi connectivity index (χ3v) is 3.99. The third kappa shape index (κ3) is 4.30. The Bertz CT molecular complexity index is 578. The number of hydrogen-bond donors (Lipinski definition) is 2. The molecule has 0 aromatic heterocycles. The van der Waals surface area contributed by atoms with Gasteiger partial charge in [-0.15, -0.1) is 12.4 Å². The lowest BCUT2D eigenvalue weighted by Gasteiger charge is -2.14. The predicted molar refractivity (Wildman–Crippen MR) is 75.7 cm³/mol. The van der Waals surface area contributed by atoms with Crippen molar-refractivity contribution in [3.8, 4) is 5.75 Å². The van der Waals surface area contributed by atoms with Crippen molar-refractivity contribution in [1.82, 2.24) is 4.72 Å². The number of nitro groups is 1. The van der Waals surface area contributed by atoms with E-state index in [-0.39, 0.29) is 35.3 Å². The summed E-state index contributed by atoms with van der Waals surface area (Å²) >= 11 is 0. The van der Waals surface area contributed by atoms with Crippen molar-refractivity contribution in [2.24, 2.45) is 5.73 Å². The Balaban J connectivity index is 0.00000361. The fourth-order valence-corrected chi connectivity index (χ4v) is 2.78. The molecule has 0 radical (unpaired) electrons. The molecule has 3 N–H and O–H groups in total. The Hall–Kier alpha value is -1.42. The Morgan fingerprint density at radius 3 is 2.55 bits per heavy atom. The van der Waals surface area contributed by atoms with Gasteiger partial charge >= 0.3 is 0 Å². The zero-order valence-corrected chi connectivity index (χ0v) is 12.5. The molecular formula is C10H16ClN3O5S. The maximum absolute atomic E-state index is 12.0. The van der Waals surface area contributed by atoms with Crippen LogP contribution in [0.1, 0.15) is 6.92 Å². The Morgan fingerprint density at radius 2 is 2.10 bits per heavy atom. The number of nitrogens with zero attached hydrogens (tertiary/aromatic N) is 1. The van der Waals surface area contributed by atoms with Crippen LogP contribution in [0.4, 0.5) is 5.69 Å². The van der Waals surface area contributed by atoms with Crippen LogP contribution in [-0.2, 0) is 10.0 Å². The second kappa shape index (κ2) is 7.39. The van der Waals surface area contributed by atoms with Crippen LogP contribution in [-0.4, -0.2) is 33.0 Å². The molecule has 0 aliphatic rings. The number of rotatable bonds is 6. The Morgan fingerprint density at radius 1 is 1.50 bits per heavy atom. The van der Waals surface area contributed by atoms with Crippen LogP contribution >= 0.6 is 12.4 Å². The molecule has 0 amide bonds. The van der Waals surface area contributed by atoms with E-state index in [1.165, 1.54) is 7.11 Å². The molecule has 8 nitrogen and oxygen atoms in total. The Kier molecular flexibility index (Phi) is 6.86. The van der Waals surface area contributed by atoms with E-state index >= 15 is 0 Å². The lowest BCUT2D eigenvalue weighted by Crippen LogP contribution is -2.37. The standard InChI is InChI=1S/C10H15N3O5S.ClH/c1-7(6-11)12-19(16,17)10-4-3-8(13(14)15)5-9(10)18-2;/h3-5,7,12H,6,11H2,1-2H3;1H/t7-;/m1./s1. The molecule has 1 atom stereocenters. The van der Waals surface area contributed by atoms with E-state index in [0.29, 0.717) is 0 Å². The van der Waals surface area contributed by atoms with Crippen LogP contribution in [0.25, 0.3) is 0 Å². The number of methoxy groups -OCH3 is 1. The summed E-state index contributed by atoms with van der Waals surface area (Å²) in [5.41, 5.74) is 5.10. The van der Waals surface area contributed by atoms with Crippen molar-refractivity contribution in [1.29, 1.82) is 0 Å². The molecule has 114 valence electrons. The maximum Gasteiger partial charge on any atom is 0.273 e. The van der Waals surface area contributed by atoms with Crippen LogP contribution in [0.2, 0.25) is 0 Å². The fraction of sp³-hybridized carbons (Fsp3) is 0.400. The molecule has 1 aromatic rings. The van der Waals surface area contributed by atoms with Gasteiger partial charge in [-0.3, -0.25) is 10.1 Å². The highest BCUT2D eigenvalue weighted by atomic mass is 35.5. The van der Waals surface area contributed by atoms with Gasteiger partial charge in [0, 0.05) is 18.7 Å². The average molecular weight is 326 g/mol. The van der Waals surface area contributed by atoms with Crippen LogP contribution in [0.5, 0.6) is 5.75 Å². The first kappa shape index (κ1) is 18.6. The molecule has 20 heavy (non-hydrogen) atoms. The quantitative estimate of drug-likeness (QED) is 0.584. The molecule has 0 saturated carbocycles. The summed E-state index contributed by atoms with van der Waals surface area (Å²) in [6, 6.07) is 2.83. The highest BCUT2D eigenvalue weighted by molar-refractivity contribution is 7.89. The van der Waals surface area contributed by atoms with Gasteiger partial charge in [0.2, 0.25) is 10.0 Å². The molecule has 10 heteroatoms. The van der Waals surface area contributed by atoms with Crippen molar-refractivity contribution in [2.75, 3.05) is 13.7 Å². The number of nitrogens with two attached hydrogens (primary N) is 1. The molecule has 0 saturated heterocycles. The number of sulfonamides is 1. The summed E-state index contributed by atoms with van der Waals surface area (Å²) < 4.78 is 31.3. The molecule has 0 aliphatic heterocycles. The molecule has 1 aromatic carbocycles. The van der Waals surface area contributed by atoms with Gasteiger partial charge in [0.1, 0.15) is 10.6 Å². The van der Waals surface area contributed by atoms with Crippen LogP contribution in [0, 0.1) is 10.1 Å². The molecule has 0 heterocycles. The van der Waals surface area contributed by atoms with Crippen LogP contribution in [0.3, 0.4) is 0 Å². The number of halogens is 1. The number of benzene rings is 1. The van der Waals surface area contributed by atoms with Gasteiger partial charge in [-0.2, -0.15) is 0 Å². The summed E-state index contributed by atoms with van der Waals surface area (Å²) in [5, 5.41) is 10.6. The van der Waals surface area contributed by atoms with E-state index in [1.54, 1.807) is 6.92 Å². The van der Waals surface area contributed by atoms with Crippen molar-refractivity contribution in [2.45, 2.75) is 17.9 Å². The van der Waals surface area contributed by atoms with Gasteiger partial charge in [0.25, 0.3) is 5.69 Å². The average Bonchev–Trinajstić information content (AvgIpc) is 2.37. The van der Waals surface area contributed by atoms with Gasteiger partial charge in [-0.1, -0.05) is 0 Å². The van der Waals surface area contributed by atoms with E-state index < -0.39 is 21.0 Å². The van der Waals surface area contributed by atoms with E-state index in [9.17, 15) is 18.5 Å². The molecule has 0 spiro atoms. The zero-order chi connectivity index (χ0) is 14.6. The third-order valence-electron chi connectivity index (χ3n) is 2.36. The van der Waals surface area contributed by atoms with Crippen molar-refractivity contribution in [3.63, 3.8) is 0 Å². The van der Waals surface area contributed by atoms with Gasteiger partial charge < -0.3 is 10.5 Å². The largest absolute Gasteiger partial charge is 0.495 e. The first-order valence-corrected chi connectivity index (χ1v) is 6.85. The van der Waals surface area contributed by atoms with Gasteiger partial charge in [0.05, 0.1) is 18.1 Å². The van der Waals surface area contributed by atoms with Crippen LogP contribution in [0.15, 0.2) is 23.1 Å². The normalized spacial score (nSPS) is 12.3. The van der Waals surface area contributed by atoms with E-state index in [2.05, 4.69) is 4.72 Å². The summed E-state index contributed by atoms with van der Waals surface area (Å²) in [7, 11) is -2.59. The lowest BCUT2D eigenvalue weighted by molar-refractivity contribution is -0.385. The molecule has 0 bridgehead atoms. The summed E-state index contributed by atoms with van der Waals surface area (Å²) in [4.78, 5) is 9.83. The zero-order valence-electron chi connectivity index (χ0n) is 10.9. The van der Waals surface area contributed by atoms with E-state index in [0.717, 1.165) is 18.2 Å². The minimum atomic E-state index is -3.83. The van der Waals surface area contributed by atoms with Crippen LogP contribution < -0.4 is 15.2 Å². The highest BCUT2D eigenvalue weighted by Gasteiger charge is 2.23. The van der Waals surface area contributed by atoms with Crippen molar-refractivity contribution in [3.05, 3.63) is 28.3 Å². The number of hydrogen-bond acceptors (Lipinski definition) is 6. The topological polar surface area (TPSA) is 125 Å². The maximum atomic E-state index is 12.0. The number of ether oxygens (including phenoxy) is 1. The lowest BCUT2D eigenvalue weighted by atomic mass is 10.3. The molecular weight excluding hydrogens is 310 g/mol. The Labute approximate surface area is 122 Å². The monoisotopic (exact) mass is 325 g/mol.